The first-order valence-electron chi connectivity index (χ1n) is 4.85. The van der Waals surface area contributed by atoms with Gasteiger partial charge in [-0.15, -0.1) is 0 Å². The number of halogens is 1. The van der Waals surface area contributed by atoms with Crippen LogP contribution in [-0.2, 0) is 13.6 Å². The molecule has 0 unspecified atom stereocenters. The molecule has 2 N–H and O–H groups in total. The standard InChI is InChI=1S/C11H12ClN3O/c1-15-7-9(6-14-15)13-5-8-2-3-11(16)10(12)4-8/h2-4,6-7,13,16H,5H2,1H3. The zero-order valence-corrected chi connectivity index (χ0v) is 9.57. The quantitative estimate of drug-likeness (QED) is 0.862. The number of aryl methyl sites for hydroxylation is 1. The molecule has 0 radical (unpaired) electrons. The number of rotatable bonds is 3. The lowest BCUT2D eigenvalue weighted by atomic mass is 10.2. The number of nitrogens with zero attached hydrogens (tertiary/aromatic N) is 2. The fourth-order valence-corrected chi connectivity index (χ4v) is 1.58. The molecule has 4 nitrogen and oxygen atoms in total. The van der Waals surface area contributed by atoms with Crippen molar-refractivity contribution in [2.75, 3.05) is 5.32 Å². The minimum absolute atomic E-state index is 0.104. The Morgan fingerprint density at radius 2 is 2.31 bits per heavy atom. The second kappa shape index (κ2) is 4.45. The topological polar surface area (TPSA) is 50.1 Å². The first-order chi connectivity index (χ1) is 7.65. The lowest BCUT2D eigenvalue weighted by Crippen LogP contribution is -1.98. The van der Waals surface area contributed by atoms with Crippen LogP contribution in [0.1, 0.15) is 5.56 Å². The minimum Gasteiger partial charge on any atom is -0.506 e. The molecule has 2 rings (SSSR count). The molecule has 0 aliphatic carbocycles. The summed E-state index contributed by atoms with van der Waals surface area (Å²) in [4.78, 5) is 0. The molecule has 0 spiro atoms. The van der Waals surface area contributed by atoms with Crippen LogP contribution in [-0.4, -0.2) is 14.9 Å². The molecule has 84 valence electrons. The summed E-state index contributed by atoms with van der Waals surface area (Å²) >= 11 is 5.81. The first-order valence-corrected chi connectivity index (χ1v) is 5.23. The fourth-order valence-electron chi connectivity index (χ4n) is 1.38. The van der Waals surface area contributed by atoms with E-state index in [0.717, 1.165) is 11.3 Å². The SMILES string of the molecule is Cn1cc(NCc2ccc(O)c(Cl)c2)cn1. The van der Waals surface area contributed by atoms with E-state index in [-0.39, 0.29) is 5.75 Å². The van der Waals surface area contributed by atoms with Crippen LogP contribution in [0.25, 0.3) is 0 Å². The van der Waals surface area contributed by atoms with Gasteiger partial charge in [-0.05, 0) is 17.7 Å². The van der Waals surface area contributed by atoms with Crippen LogP contribution >= 0.6 is 11.6 Å². The monoisotopic (exact) mass is 237 g/mol. The van der Waals surface area contributed by atoms with Crippen molar-refractivity contribution in [2.24, 2.45) is 7.05 Å². The molecule has 2 aromatic rings. The Balaban J connectivity index is 2.02. The number of hydrogen-bond acceptors (Lipinski definition) is 3. The first kappa shape index (κ1) is 10.8. The molecule has 0 fully saturated rings. The van der Waals surface area contributed by atoms with Gasteiger partial charge in [0.2, 0.25) is 0 Å². The summed E-state index contributed by atoms with van der Waals surface area (Å²) in [5.41, 5.74) is 1.96. The smallest absolute Gasteiger partial charge is 0.134 e. The molecule has 0 aliphatic heterocycles. The summed E-state index contributed by atoms with van der Waals surface area (Å²) in [6.07, 6.45) is 3.64. The molecule has 0 bridgehead atoms. The summed E-state index contributed by atoms with van der Waals surface area (Å²) in [7, 11) is 1.86. The van der Waals surface area contributed by atoms with Gasteiger partial charge in [-0.25, -0.2) is 0 Å². The Morgan fingerprint density at radius 1 is 1.50 bits per heavy atom. The zero-order valence-electron chi connectivity index (χ0n) is 8.81. The number of hydrogen-bond donors (Lipinski definition) is 2. The summed E-state index contributed by atoms with van der Waals surface area (Å²) in [6.45, 7) is 0.645. The Kier molecular flexibility index (Phi) is 3.01. The van der Waals surface area contributed by atoms with Crippen molar-refractivity contribution < 1.29 is 5.11 Å². The van der Waals surface area contributed by atoms with Crippen LogP contribution in [0, 0.1) is 0 Å². The Bertz CT molecular complexity index is 496. The van der Waals surface area contributed by atoms with Crippen LogP contribution in [0.2, 0.25) is 5.02 Å². The highest BCUT2D eigenvalue weighted by Gasteiger charge is 2.00. The van der Waals surface area contributed by atoms with E-state index in [4.69, 9.17) is 11.6 Å². The Labute approximate surface area is 98.5 Å². The van der Waals surface area contributed by atoms with E-state index in [1.165, 1.54) is 0 Å². The van der Waals surface area contributed by atoms with E-state index >= 15 is 0 Å². The summed E-state index contributed by atoms with van der Waals surface area (Å²) in [5.74, 6) is 0.104. The molecule has 0 saturated heterocycles. The van der Waals surface area contributed by atoms with Crippen molar-refractivity contribution in [3.8, 4) is 5.75 Å². The average molecular weight is 238 g/mol. The van der Waals surface area contributed by atoms with Crippen molar-refractivity contribution in [2.45, 2.75) is 6.54 Å². The number of phenolic OH excluding ortho intramolecular Hbond substituents is 1. The highest BCUT2D eigenvalue weighted by atomic mass is 35.5. The molecule has 1 heterocycles. The van der Waals surface area contributed by atoms with Crippen LogP contribution in [0.4, 0.5) is 5.69 Å². The predicted octanol–water partition coefficient (Wildman–Crippen LogP) is 2.39. The normalized spacial score (nSPS) is 10.4. The molecule has 1 aromatic heterocycles. The number of anilines is 1. The van der Waals surface area contributed by atoms with Gasteiger partial charge in [-0.2, -0.15) is 5.10 Å². The van der Waals surface area contributed by atoms with Crippen molar-refractivity contribution in [3.05, 3.63) is 41.2 Å². The summed E-state index contributed by atoms with van der Waals surface area (Å²) in [5, 5.41) is 16.9. The second-order valence-corrected chi connectivity index (χ2v) is 3.95. The van der Waals surface area contributed by atoms with Gasteiger partial charge >= 0.3 is 0 Å². The number of phenols is 1. The third-order valence-electron chi connectivity index (χ3n) is 2.21. The molecule has 0 saturated carbocycles. The van der Waals surface area contributed by atoms with Crippen LogP contribution in [0.15, 0.2) is 30.6 Å². The Morgan fingerprint density at radius 3 is 2.94 bits per heavy atom. The minimum atomic E-state index is 0.104. The van der Waals surface area contributed by atoms with E-state index in [2.05, 4.69) is 10.4 Å². The number of aromatic nitrogens is 2. The van der Waals surface area contributed by atoms with Gasteiger partial charge in [0.1, 0.15) is 5.75 Å². The van der Waals surface area contributed by atoms with Crippen LogP contribution in [0.3, 0.4) is 0 Å². The molecule has 5 heteroatoms. The largest absolute Gasteiger partial charge is 0.506 e. The average Bonchev–Trinajstić information content (AvgIpc) is 2.66. The van der Waals surface area contributed by atoms with Crippen molar-refractivity contribution in [3.63, 3.8) is 0 Å². The van der Waals surface area contributed by atoms with Crippen molar-refractivity contribution in [1.82, 2.24) is 9.78 Å². The predicted molar refractivity (Wildman–Crippen MR) is 63.7 cm³/mol. The highest BCUT2D eigenvalue weighted by molar-refractivity contribution is 6.32. The van der Waals surface area contributed by atoms with Gasteiger partial charge < -0.3 is 10.4 Å². The van der Waals surface area contributed by atoms with Gasteiger partial charge in [0.15, 0.2) is 0 Å². The van der Waals surface area contributed by atoms with Crippen LogP contribution < -0.4 is 5.32 Å². The molecule has 0 aliphatic rings. The van der Waals surface area contributed by atoms with Gasteiger partial charge in [0.05, 0.1) is 16.9 Å². The van der Waals surface area contributed by atoms with Gasteiger partial charge in [-0.3, -0.25) is 4.68 Å². The van der Waals surface area contributed by atoms with E-state index in [9.17, 15) is 5.11 Å². The molecular weight excluding hydrogens is 226 g/mol. The van der Waals surface area contributed by atoms with E-state index in [1.54, 1.807) is 23.0 Å². The maximum absolute atomic E-state index is 9.27. The maximum Gasteiger partial charge on any atom is 0.134 e. The van der Waals surface area contributed by atoms with Crippen LogP contribution in [0.5, 0.6) is 5.75 Å². The number of nitrogens with one attached hydrogen (secondary N) is 1. The van der Waals surface area contributed by atoms with Gasteiger partial charge in [0, 0.05) is 19.8 Å². The molecular formula is C11H12ClN3O. The number of benzene rings is 1. The lowest BCUT2D eigenvalue weighted by molar-refractivity contribution is 0.475. The zero-order chi connectivity index (χ0) is 11.5. The van der Waals surface area contributed by atoms with Gasteiger partial charge in [0.25, 0.3) is 0 Å². The highest BCUT2D eigenvalue weighted by Crippen LogP contribution is 2.23. The third kappa shape index (κ3) is 2.46. The third-order valence-corrected chi connectivity index (χ3v) is 2.52. The van der Waals surface area contributed by atoms with Crippen molar-refractivity contribution >= 4 is 17.3 Å². The van der Waals surface area contributed by atoms with Crippen molar-refractivity contribution in [1.29, 1.82) is 0 Å². The molecule has 1 aromatic carbocycles. The fraction of sp³-hybridized carbons (Fsp3) is 0.182. The van der Waals surface area contributed by atoms with E-state index in [1.807, 2.05) is 19.3 Å². The summed E-state index contributed by atoms with van der Waals surface area (Å²) < 4.78 is 1.73. The van der Waals surface area contributed by atoms with Gasteiger partial charge in [-0.1, -0.05) is 17.7 Å². The second-order valence-electron chi connectivity index (χ2n) is 3.54. The molecule has 0 atom stereocenters. The maximum atomic E-state index is 9.27. The number of aromatic hydroxyl groups is 1. The van der Waals surface area contributed by atoms with E-state index < -0.39 is 0 Å². The Hall–Kier alpha value is -1.68. The summed E-state index contributed by atoms with van der Waals surface area (Å²) in [6, 6.07) is 5.15. The van der Waals surface area contributed by atoms with E-state index in [0.29, 0.717) is 11.6 Å². The molecule has 0 amide bonds. The molecule has 16 heavy (non-hydrogen) atoms. The lowest BCUT2D eigenvalue weighted by Gasteiger charge is -2.04.